The smallest absolute Gasteiger partial charge is 0.272 e. The van der Waals surface area contributed by atoms with Crippen molar-refractivity contribution in [2.24, 2.45) is 0 Å². The molecule has 144 valence electrons. The van der Waals surface area contributed by atoms with Crippen LogP contribution in [0.15, 0.2) is 42.5 Å². The van der Waals surface area contributed by atoms with Crippen LogP contribution in [0, 0.1) is 0 Å². The van der Waals surface area contributed by atoms with Crippen LogP contribution in [0.5, 0.6) is 17.2 Å². The van der Waals surface area contributed by atoms with Gasteiger partial charge in [-0.1, -0.05) is 0 Å². The van der Waals surface area contributed by atoms with Crippen LogP contribution in [0.4, 0.5) is 0 Å². The van der Waals surface area contributed by atoms with Gasteiger partial charge in [0.05, 0.1) is 33.1 Å². The lowest BCUT2D eigenvalue weighted by Crippen LogP contribution is -2.25. The Hall–Kier alpha value is -3.48. The number of aromatic amines is 1. The van der Waals surface area contributed by atoms with Crippen LogP contribution in [-0.4, -0.2) is 49.4 Å². The Labute approximate surface area is 162 Å². The molecular formula is C21H21N3O4. The Bertz CT molecular complexity index is 1030. The molecule has 1 N–H and O–H groups in total. The van der Waals surface area contributed by atoms with E-state index in [9.17, 15) is 4.79 Å². The number of fused-ring (bicyclic) bond motifs is 1. The van der Waals surface area contributed by atoms with Crippen LogP contribution in [0.3, 0.4) is 0 Å². The molecule has 7 heteroatoms. The van der Waals surface area contributed by atoms with Crippen LogP contribution >= 0.6 is 0 Å². The van der Waals surface area contributed by atoms with Gasteiger partial charge < -0.3 is 19.1 Å². The first-order valence-corrected chi connectivity index (χ1v) is 8.80. The number of carbonyl (C=O) groups is 1. The molecule has 0 saturated heterocycles. The van der Waals surface area contributed by atoms with Crippen molar-refractivity contribution in [3.05, 3.63) is 59.3 Å². The number of benzene rings is 2. The van der Waals surface area contributed by atoms with E-state index in [2.05, 4.69) is 10.2 Å². The van der Waals surface area contributed by atoms with Gasteiger partial charge in [-0.3, -0.25) is 9.89 Å². The number of aromatic nitrogens is 2. The van der Waals surface area contributed by atoms with Gasteiger partial charge in [0.15, 0.2) is 0 Å². The highest BCUT2D eigenvalue weighted by atomic mass is 16.5. The summed E-state index contributed by atoms with van der Waals surface area (Å²) in [5, 5.41) is 7.35. The first kappa shape index (κ1) is 17.9. The van der Waals surface area contributed by atoms with Gasteiger partial charge in [0.1, 0.15) is 22.9 Å². The summed E-state index contributed by atoms with van der Waals surface area (Å²) in [5.41, 5.74) is 3.84. The van der Waals surface area contributed by atoms with Crippen molar-refractivity contribution in [2.45, 2.75) is 6.04 Å². The summed E-state index contributed by atoms with van der Waals surface area (Å²) in [6.45, 7) is 0. The van der Waals surface area contributed by atoms with E-state index in [1.54, 1.807) is 33.3 Å². The Balaban J connectivity index is 1.86. The first-order chi connectivity index (χ1) is 13.6. The molecule has 7 nitrogen and oxygen atoms in total. The second-order valence-electron chi connectivity index (χ2n) is 6.52. The van der Waals surface area contributed by atoms with Crippen molar-refractivity contribution < 1.29 is 19.0 Å². The maximum Gasteiger partial charge on any atom is 0.272 e. The third kappa shape index (κ3) is 2.67. The van der Waals surface area contributed by atoms with Crippen LogP contribution in [0.2, 0.25) is 0 Å². The molecule has 0 fully saturated rings. The van der Waals surface area contributed by atoms with E-state index in [0.29, 0.717) is 17.2 Å². The fourth-order valence-corrected chi connectivity index (χ4v) is 3.64. The summed E-state index contributed by atoms with van der Waals surface area (Å²) in [7, 11) is 6.62. The molecule has 2 aromatic carbocycles. The Morgan fingerprint density at radius 3 is 2.29 bits per heavy atom. The van der Waals surface area contributed by atoms with Crippen LogP contribution in [0.1, 0.15) is 27.7 Å². The number of nitrogens with zero attached hydrogens (tertiary/aromatic N) is 2. The van der Waals surface area contributed by atoms with Gasteiger partial charge in [-0.05, 0) is 36.4 Å². The second kappa shape index (κ2) is 6.92. The Morgan fingerprint density at radius 2 is 1.64 bits per heavy atom. The van der Waals surface area contributed by atoms with Crippen molar-refractivity contribution >= 4 is 5.91 Å². The molecule has 0 saturated carbocycles. The van der Waals surface area contributed by atoms with Crippen LogP contribution in [-0.2, 0) is 0 Å². The molecule has 1 aliphatic heterocycles. The van der Waals surface area contributed by atoms with Gasteiger partial charge in [0, 0.05) is 29.8 Å². The number of hydrogen-bond acceptors (Lipinski definition) is 5. The summed E-state index contributed by atoms with van der Waals surface area (Å²) in [6.07, 6.45) is 0. The second-order valence-corrected chi connectivity index (χ2v) is 6.52. The van der Waals surface area contributed by atoms with E-state index in [4.69, 9.17) is 14.2 Å². The normalized spacial score (nSPS) is 15.5. The lowest BCUT2D eigenvalue weighted by Gasteiger charge is -2.24. The van der Waals surface area contributed by atoms with Crippen LogP contribution < -0.4 is 14.2 Å². The molecular weight excluding hydrogens is 358 g/mol. The number of rotatable bonds is 5. The number of carbonyl (C=O) groups excluding carboxylic acids is 1. The molecule has 0 radical (unpaired) electrons. The number of amides is 1. The number of H-pyrrole nitrogens is 1. The number of nitrogens with one attached hydrogen (secondary N) is 1. The molecule has 0 unspecified atom stereocenters. The number of ether oxygens (including phenoxy) is 3. The largest absolute Gasteiger partial charge is 0.497 e. The van der Waals surface area contributed by atoms with E-state index in [1.807, 2.05) is 42.5 Å². The highest BCUT2D eigenvalue weighted by Gasteiger charge is 2.41. The fraction of sp³-hybridized carbons (Fsp3) is 0.238. The predicted octanol–water partition coefficient (Wildman–Crippen LogP) is 3.28. The summed E-state index contributed by atoms with van der Waals surface area (Å²) in [5.74, 6) is 2.00. The quantitative estimate of drug-likeness (QED) is 0.736. The minimum Gasteiger partial charge on any atom is -0.497 e. The molecule has 4 rings (SSSR count). The molecule has 1 aromatic heterocycles. The predicted molar refractivity (Wildman–Crippen MR) is 104 cm³/mol. The minimum atomic E-state index is -0.320. The molecule has 0 aliphatic carbocycles. The first-order valence-electron chi connectivity index (χ1n) is 8.80. The van der Waals surface area contributed by atoms with Gasteiger partial charge >= 0.3 is 0 Å². The van der Waals surface area contributed by atoms with Crippen molar-refractivity contribution in [3.63, 3.8) is 0 Å². The number of methoxy groups -OCH3 is 3. The molecule has 0 bridgehead atoms. The highest BCUT2D eigenvalue weighted by molar-refractivity contribution is 6.00. The van der Waals surface area contributed by atoms with Gasteiger partial charge in [0.2, 0.25) is 0 Å². The Morgan fingerprint density at radius 1 is 0.964 bits per heavy atom. The van der Waals surface area contributed by atoms with Crippen molar-refractivity contribution in [2.75, 3.05) is 28.4 Å². The minimum absolute atomic E-state index is 0.106. The maximum absolute atomic E-state index is 12.8. The van der Waals surface area contributed by atoms with Gasteiger partial charge in [-0.2, -0.15) is 5.10 Å². The zero-order valence-corrected chi connectivity index (χ0v) is 16.1. The molecule has 3 aromatic rings. The van der Waals surface area contributed by atoms with Crippen LogP contribution in [0.25, 0.3) is 11.3 Å². The molecule has 2 heterocycles. The maximum atomic E-state index is 12.8. The zero-order valence-electron chi connectivity index (χ0n) is 16.1. The van der Waals surface area contributed by atoms with Gasteiger partial charge in [-0.25, -0.2) is 0 Å². The van der Waals surface area contributed by atoms with E-state index in [1.165, 1.54) is 0 Å². The van der Waals surface area contributed by atoms with Crippen molar-refractivity contribution in [1.82, 2.24) is 15.1 Å². The standard InChI is InChI=1S/C21H21N3O4/c1-24-20(15-10-9-14(27-3)11-16(15)28-4)17-18(22-23-19(17)21(24)25)12-5-7-13(26-2)8-6-12/h5-11,20H,1-4H3,(H,22,23)/t20-/m0/s1. The van der Waals surface area contributed by atoms with E-state index < -0.39 is 0 Å². The molecule has 1 atom stereocenters. The van der Waals surface area contributed by atoms with Crippen molar-refractivity contribution in [1.29, 1.82) is 0 Å². The number of hydrogen-bond donors (Lipinski definition) is 1. The fourth-order valence-electron chi connectivity index (χ4n) is 3.64. The van der Waals surface area contributed by atoms with Gasteiger partial charge in [-0.15, -0.1) is 0 Å². The molecule has 1 amide bonds. The summed E-state index contributed by atoms with van der Waals surface area (Å²) in [6, 6.07) is 12.9. The third-order valence-electron chi connectivity index (χ3n) is 5.10. The SMILES string of the molecule is COc1ccc(-c2n[nH]c3c2[C@H](c2ccc(OC)cc2OC)N(C)C3=O)cc1. The van der Waals surface area contributed by atoms with Gasteiger partial charge in [0.25, 0.3) is 5.91 Å². The average Bonchev–Trinajstić information content (AvgIpc) is 3.27. The summed E-state index contributed by atoms with van der Waals surface area (Å²) in [4.78, 5) is 14.5. The molecule has 1 aliphatic rings. The topological polar surface area (TPSA) is 76.7 Å². The molecule has 28 heavy (non-hydrogen) atoms. The lowest BCUT2D eigenvalue weighted by atomic mass is 9.95. The average molecular weight is 379 g/mol. The van der Waals surface area contributed by atoms with E-state index in [-0.39, 0.29) is 11.9 Å². The third-order valence-corrected chi connectivity index (χ3v) is 5.10. The van der Waals surface area contributed by atoms with Crippen molar-refractivity contribution in [3.8, 4) is 28.5 Å². The Kier molecular flexibility index (Phi) is 4.43. The molecule has 0 spiro atoms. The summed E-state index contributed by atoms with van der Waals surface area (Å²) < 4.78 is 16.1. The monoisotopic (exact) mass is 379 g/mol. The van der Waals surface area contributed by atoms with E-state index in [0.717, 1.165) is 28.1 Å². The zero-order chi connectivity index (χ0) is 19.8. The van der Waals surface area contributed by atoms with E-state index >= 15 is 0 Å². The highest BCUT2D eigenvalue weighted by Crippen LogP contribution is 2.45. The lowest BCUT2D eigenvalue weighted by molar-refractivity contribution is 0.0787. The summed E-state index contributed by atoms with van der Waals surface area (Å²) >= 11 is 0.